The Morgan fingerprint density at radius 2 is 0.708 bits per heavy atom. The zero-order chi connectivity index (χ0) is 96.6. The van der Waals surface area contributed by atoms with Crippen LogP contribution in [-0.2, 0) is 16.2 Å². The fourth-order valence-corrected chi connectivity index (χ4v) is 16.3. The van der Waals surface area contributed by atoms with E-state index < -0.39 is 174 Å². The van der Waals surface area contributed by atoms with Gasteiger partial charge in [0, 0.05) is 77.8 Å². The minimum atomic E-state index is -1.00. The summed E-state index contributed by atoms with van der Waals surface area (Å²) >= 11 is 0. The van der Waals surface area contributed by atoms with Gasteiger partial charge in [0.25, 0.3) is 6.71 Å². The first-order chi connectivity index (χ1) is 64.5. The lowest BCUT2D eigenvalue weighted by Gasteiger charge is -2.46. The smallest absolute Gasteiger partial charge is 0.252 e. The number of fused-ring (bicyclic) bond motifs is 10. The van der Waals surface area contributed by atoms with E-state index in [1.165, 1.54) is 4.57 Å². The van der Waals surface area contributed by atoms with Crippen LogP contribution in [-0.4, -0.2) is 30.8 Å². The molecule has 113 heavy (non-hydrogen) atoms. The second-order valence-corrected chi connectivity index (χ2v) is 31.9. The highest BCUT2D eigenvalue weighted by Crippen LogP contribution is 2.55. The zero-order valence-electron chi connectivity index (χ0n) is 86.3. The average Bonchev–Trinajstić information content (AvgIpc) is 0.913. The SMILES string of the molecule is [2H]c1c([2H])c([2H])c(-c2ccc3c(c2)N(c2ccc(-c4ccccc4)cc2-c2ccccc2)c2cc(-n4c5c([2H])c([2H])c([2H])c([2H])c5c5c([2H])c([2H])c([2H])c([2H])c54)cc4c2B3c2ccc(-n3c5ccc(C(C)(C)C)cc5c5cc(C(C)(C)C)ccc53)cc2N4c2c(-c3ccccc3)cc(C(C)(C)C)cc2-c2nc(-c3c([2H])c([2H])c([2H])c([2H])c3[2H])nc(-c3c([2H])c([2H])c([2H])c([2H])c3[2H])n2)c([2H])c1[2H]. The Morgan fingerprint density at radius 3 is 1.26 bits per heavy atom. The number of rotatable bonds is 11. The molecular formula is C105H84BN7. The molecule has 8 heteroatoms. The van der Waals surface area contributed by atoms with Crippen LogP contribution in [0.5, 0.6) is 0 Å². The summed E-state index contributed by atoms with van der Waals surface area (Å²) in [6.45, 7) is 18.0. The third-order valence-corrected chi connectivity index (χ3v) is 21.9. The number of anilines is 6. The fourth-order valence-electron chi connectivity index (χ4n) is 16.3. The first-order valence-electron chi connectivity index (χ1n) is 49.1. The lowest BCUT2D eigenvalue weighted by molar-refractivity contribution is 0.590. The van der Waals surface area contributed by atoms with E-state index >= 15 is 0 Å². The van der Waals surface area contributed by atoms with Crippen molar-refractivity contribution in [1.29, 1.82) is 0 Å². The Kier molecular flexibility index (Phi) is 11.4. The molecule has 0 fully saturated rings. The Bertz CT molecular complexity index is 7970. The molecule has 0 N–H and O–H groups in total. The van der Waals surface area contributed by atoms with Crippen molar-refractivity contribution in [2.75, 3.05) is 9.80 Å². The molecule has 0 radical (unpaired) electrons. The van der Waals surface area contributed by atoms with Gasteiger partial charge in [0.15, 0.2) is 17.5 Å². The van der Waals surface area contributed by atoms with Gasteiger partial charge in [-0.3, -0.25) is 0 Å². The van der Waals surface area contributed by atoms with Gasteiger partial charge in [-0.25, -0.2) is 15.0 Å². The molecule has 542 valence electrons. The lowest BCUT2D eigenvalue weighted by Crippen LogP contribution is -2.61. The largest absolute Gasteiger partial charge is 0.311 e. The summed E-state index contributed by atoms with van der Waals surface area (Å²) in [6, 6.07) is 51.4. The summed E-state index contributed by atoms with van der Waals surface area (Å²) in [5, 5.41) is 1.41. The summed E-state index contributed by atoms with van der Waals surface area (Å²) < 4.78 is 222. The molecule has 2 aliphatic rings. The predicted octanol–water partition coefficient (Wildman–Crippen LogP) is 25.7. The highest BCUT2D eigenvalue weighted by Gasteiger charge is 2.46. The molecule has 5 heterocycles. The topological polar surface area (TPSA) is 55.0 Å². The van der Waals surface area contributed by atoms with Gasteiger partial charge in [-0.05, 0) is 174 Å². The van der Waals surface area contributed by atoms with E-state index in [0.717, 1.165) is 44.1 Å². The van der Waals surface area contributed by atoms with Crippen LogP contribution in [0.2, 0.25) is 0 Å². The number of para-hydroxylation sites is 2. The van der Waals surface area contributed by atoms with Gasteiger partial charge in [0.2, 0.25) is 0 Å². The fraction of sp³-hybridized carbons (Fsp3) is 0.114. The quantitative estimate of drug-likeness (QED) is 0.121. The Balaban J connectivity index is 1.05. The third-order valence-electron chi connectivity index (χ3n) is 21.9. The van der Waals surface area contributed by atoms with Crippen LogP contribution in [0.1, 0.15) is 111 Å². The second kappa shape index (κ2) is 26.7. The zero-order valence-corrected chi connectivity index (χ0v) is 63.3. The first kappa shape index (κ1) is 48.3. The minimum absolute atomic E-state index is 0.0393. The van der Waals surface area contributed by atoms with Crippen LogP contribution in [0.4, 0.5) is 34.1 Å². The summed E-state index contributed by atoms with van der Waals surface area (Å²) in [5.41, 5.74) is 10.0. The van der Waals surface area contributed by atoms with Gasteiger partial charge in [0.05, 0.1) is 70.7 Å². The van der Waals surface area contributed by atoms with Gasteiger partial charge in [-0.15, -0.1) is 0 Å². The van der Waals surface area contributed by atoms with Crippen LogP contribution < -0.4 is 26.2 Å². The van der Waals surface area contributed by atoms with Crippen molar-refractivity contribution in [2.45, 2.75) is 78.6 Å². The molecule has 0 atom stereocenters. The Morgan fingerprint density at radius 1 is 0.274 bits per heavy atom. The van der Waals surface area contributed by atoms with Gasteiger partial charge < -0.3 is 18.9 Å². The monoisotopic (exact) mass is 1480 g/mol. The molecule has 0 saturated heterocycles. The first-order valence-corrected chi connectivity index (χ1v) is 37.6. The van der Waals surface area contributed by atoms with E-state index in [1.807, 2.05) is 164 Å². The second-order valence-electron chi connectivity index (χ2n) is 31.9. The van der Waals surface area contributed by atoms with E-state index in [1.54, 1.807) is 12.1 Å². The van der Waals surface area contributed by atoms with Gasteiger partial charge in [0.1, 0.15) is 0 Å². The third kappa shape index (κ3) is 11.8. The van der Waals surface area contributed by atoms with E-state index in [0.29, 0.717) is 72.6 Å². The minimum Gasteiger partial charge on any atom is -0.311 e. The van der Waals surface area contributed by atoms with Crippen LogP contribution in [0.25, 0.3) is 134 Å². The van der Waals surface area contributed by atoms with Gasteiger partial charge >= 0.3 is 0 Å². The molecule has 7 nitrogen and oxygen atoms in total. The van der Waals surface area contributed by atoms with Crippen molar-refractivity contribution < 1.29 is 31.5 Å². The van der Waals surface area contributed by atoms with E-state index in [2.05, 4.69) is 107 Å². The van der Waals surface area contributed by atoms with Gasteiger partial charge in [-0.1, -0.05) is 317 Å². The standard InChI is InChI=1S/C105H84BN7/c1-103(2,3)75-50-56-92-84(60-75)85-61-76(104(4,5)6)51-57-93(85)110(92)78-52-54-88-95(64-78)113(99-83(70-38-22-13-23-39-70)62-77(105(7,8)9)63-86(99)102-108-100(71-40-24-14-25-41-71)107-101(109-102)72-42-26-15-27-43-72)97-66-79(111-89-46-30-28-44-80(89)81-45-29-31-47-90(81)111)65-96-98(97)106(88)87-53-48-74(68-34-18-11-19-35-68)59-94(87)112(96)91-55-49-73(67-32-16-10-17-33-67)58-82(91)69-36-20-12-21-37-69/h10-66H,1-9H3/i11D,14D,15D,18D,19D,24D,25D,26D,27D,28D,29D,30D,31D,34D,35D,40D,41D,42D,43D,44D,45D,46D,47D. The Labute approximate surface area is 693 Å². The van der Waals surface area contributed by atoms with Gasteiger partial charge in [-0.2, -0.15) is 0 Å². The number of benzene rings is 15. The molecule has 0 unspecified atom stereocenters. The molecule has 2 aliphatic heterocycles. The summed E-state index contributed by atoms with van der Waals surface area (Å²) in [7, 11) is 0. The van der Waals surface area contributed by atoms with E-state index in [9.17, 15) is 27.4 Å². The molecule has 0 saturated carbocycles. The van der Waals surface area contributed by atoms with Crippen molar-refractivity contribution >= 4 is 101 Å². The van der Waals surface area contributed by atoms with E-state index in [-0.39, 0.29) is 72.2 Å². The molecule has 20 rings (SSSR count). The molecule has 0 bridgehead atoms. The van der Waals surface area contributed by atoms with Crippen molar-refractivity contribution in [3.63, 3.8) is 0 Å². The van der Waals surface area contributed by atoms with Crippen molar-refractivity contribution in [3.8, 4) is 90.0 Å². The van der Waals surface area contributed by atoms with Crippen molar-refractivity contribution in [3.05, 3.63) is 362 Å². The maximum Gasteiger partial charge on any atom is 0.252 e. The summed E-state index contributed by atoms with van der Waals surface area (Å²) in [6.07, 6.45) is 0. The van der Waals surface area contributed by atoms with E-state index in [4.69, 9.17) is 19.1 Å². The van der Waals surface area contributed by atoms with Crippen LogP contribution in [0.3, 0.4) is 0 Å². The number of hydrogen-bond donors (Lipinski definition) is 0. The number of aromatic nitrogens is 5. The molecule has 3 aromatic heterocycles. The van der Waals surface area contributed by atoms with Crippen molar-refractivity contribution in [1.82, 2.24) is 24.1 Å². The molecule has 0 amide bonds. The molecule has 0 aliphatic carbocycles. The number of nitrogens with zero attached hydrogens (tertiary/aromatic N) is 7. The maximum atomic E-state index is 10.3. The maximum absolute atomic E-state index is 10.3. The number of hydrogen-bond acceptors (Lipinski definition) is 5. The highest BCUT2D eigenvalue weighted by atomic mass is 15.2. The summed E-state index contributed by atoms with van der Waals surface area (Å²) in [4.78, 5) is 19.6. The normalized spacial score (nSPS) is 15.6. The molecule has 15 aromatic carbocycles. The van der Waals surface area contributed by atoms with Crippen molar-refractivity contribution in [2.24, 2.45) is 0 Å². The molecule has 18 aromatic rings. The molecule has 0 spiro atoms. The van der Waals surface area contributed by atoms with Crippen LogP contribution in [0, 0.1) is 0 Å². The Hall–Kier alpha value is -13.4. The summed E-state index contributed by atoms with van der Waals surface area (Å²) in [5.74, 6) is -1.44. The average molecular weight is 1480 g/mol. The van der Waals surface area contributed by atoms with Crippen LogP contribution in [0.15, 0.2) is 345 Å². The molecular weight excluding hydrogens is 1370 g/mol. The van der Waals surface area contributed by atoms with Crippen LogP contribution >= 0.6 is 0 Å². The lowest BCUT2D eigenvalue weighted by atomic mass is 9.33. The predicted molar refractivity (Wildman–Crippen MR) is 477 cm³/mol. The highest BCUT2D eigenvalue weighted by molar-refractivity contribution is 7.00.